The summed E-state index contributed by atoms with van der Waals surface area (Å²) in [5.41, 5.74) is 0. The van der Waals surface area contributed by atoms with E-state index in [1.165, 1.54) is 0 Å². The molecule has 0 spiro atoms. The molecule has 2 fully saturated rings. The van der Waals surface area contributed by atoms with Gasteiger partial charge in [0, 0.05) is 12.7 Å². The molecule has 30 heavy (non-hydrogen) atoms. The molecule has 2 aliphatic rings. The maximum Gasteiger partial charge on any atom is 0.248 e. The lowest BCUT2D eigenvalue weighted by Gasteiger charge is -2.35. The Bertz CT molecular complexity index is 736. The second-order valence-corrected chi connectivity index (χ2v) is 8.29. The zero-order valence-electron chi connectivity index (χ0n) is 17.9. The predicted octanol–water partition coefficient (Wildman–Crippen LogP) is 1.68. The van der Waals surface area contributed by atoms with Gasteiger partial charge >= 0.3 is 0 Å². The normalized spacial score (nSPS) is 21.7. The minimum Gasteiger partial charge on any atom is -0.343 e. The molecule has 3 amide bonds. The number of hydrogen-bond donors (Lipinski definition) is 3. The van der Waals surface area contributed by atoms with Gasteiger partial charge in [-0.3, -0.25) is 14.4 Å². The summed E-state index contributed by atoms with van der Waals surface area (Å²) >= 11 is 0. The first kappa shape index (κ1) is 22.2. The van der Waals surface area contributed by atoms with Crippen molar-refractivity contribution >= 4 is 23.5 Å². The van der Waals surface area contributed by atoms with E-state index in [4.69, 9.17) is 0 Å². The van der Waals surface area contributed by atoms with Crippen LogP contribution in [0.1, 0.15) is 51.9 Å². The SMILES string of the molecule is CN[C@@H](C)C(=O)N[C@H](C(=O)N1CCC[C@H]1C(=O)Nc1ccccn1)C1CCCCC1. The number of carbonyl (C=O) groups excluding carboxylic acids is 3. The molecule has 0 radical (unpaired) electrons. The molecule has 8 heteroatoms. The van der Waals surface area contributed by atoms with Crippen LogP contribution in [0.2, 0.25) is 0 Å². The minimum absolute atomic E-state index is 0.111. The Morgan fingerprint density at radius 1 is 1.10 bits per heavy atom. The fourth-order valence-corrected chi connectivity index (χ4v) is 4.39. The lowest BCUT2D eigenvalue weighted by molar-refractivity contribution is -0.142. The van der Waals surface area contributed by atoms with Crippen molar-refractivity contribution in [2.45, 2.75) is 70.0 Å². The van der Waals surface area contributed by atoms with Gasteiger partial charge in [0.15, 0.2) is 0 Å². The summed E-state index contributed by atoms with van der Waals surface area (Å²) < 4.78 is 0. The van der Waals surface area contributed by atoms with Gasteiger partial charge in [-0.25, -0.2) is 4.98 Å². The topological polar surface area (TPSA) is 103 Å². The van der Waals surface area contributed by atoms with Crippen LogP contribution in [0.15, 0.2) is 24.4 Å². The van der Waals surface area contributed by atoms with Gasteiger partial charge in [-0.05, 0) is 57.7 Å². The van der Waals surface area contributed by atoms with Crippen LogP contribution in [0.4, 0.5) is 5.82 Å². The van der Waals surface area contributed by atoms with Crippen LogP contribution in [0.5, 0.6) is 0 Å². The van der Waals surface area contributed by atoms with E-state index in [1.54, 1.807) is 43.3 Å². The first-order valence-electron chi connectivity index (χ1n) is 11.0. The van der Waals surface area contributed by atoms with Crippen LogP contribution in [-0.2, 0) is 14.4 Å². The highest BCUT2D eigenvalue weighted by atomic mass is 16.2. The highest BCUT2D eigenvalue weighted by Gasteiger charge is 2.41. The summed E-state index contributed by atoms with van der Waals surface area (Å²) in [6.07, 6.45) is 8.13. The van der Waals surface area contributed by atoms with Gasteiger partial charge in [-0.1, -0.05) is 25.3 Å². The average Bonchev–Trinajstić information content (AvgIpc) is 3.27. The number of pyridine rings is 1. The molecule has 1 aromatic heterocycles. The van der Waals surface area contributed by atoms with E-state index in [1.807, 2.05) is 0 Å². The molecule has 3 atom stereocenters. The van der Waals surface area contributed by atoms with Gasteiger partial charge in [0.2, 0.25) is 17.7 Å². The molecule has 3 rings (SSSR count). The predicted molar refractivity (Wildman–Crippen MR) is 115 cm³/mol. The molecule has 164 valence electrons. The largest absolute Gasteiger partial charge is 0.343 e. The number of carbonyl (C=O) groups is 3. The fraction of sp³-hybridized carbons (Fsp3) is 0.636. The number of likely N-dealkylation sites (N-methyl/N-ethyl adjacent to an activating group) is 1. The van der Waals surface area contributed by atoms with Crippen LogP contribution in [-0.4, -0.2) is 59.3 Å². The molecular weight excluding hydrogens is 382 g/mol. The Balaban J connectivity index is 1.74. The second kappa shape index (κ2) is 10.5. The van der Waals surface area contributed by atoms with Crippen molar-refractivity contribution in [1.29, 1.82) is 0 Å². The van der Waals surface area contributed by atoms with Crippen LogP contribution in [0.25, 0.3) is 0 Å². The number of anilines is 1. The molecular formula is C22H33N5O3. The molecule has 0 unspecified atom stereocenters. The molecule has 2 heterocycles. The maximum atomic E-state index is 13.6. The Hall–Kier alpha value is -2.48. The zero-order valence-corrected chi connectivity index (χ0v) is 17.9. The monoisotopic (exact) mass is 415 g/mol. The minimum atomic E-state index is -0.586. The average molecular weight is 416 g/mol. The molecule has 1 saturated carbocycles. The van der Waals surface area contributed by atoms with Gasteiger partial charge in [0.05, 0.1) is 6.04 Å². The lowest BCUT2D eigenvalue weighted by Crippen LogP contribution is -2.57. The number of hydrogen-bond acceptors (Lipinski definition) is 5. The number of nitrogens with zero attached hydrogens (tertiary/aromatic N) is 2. The summed E-state index contributed by atoms with van der Waals surface area (Å²) in [5.74, 6) is 0.0327. The summed E-state index contributed by atoms with van der Waals surface area (Å²) in [4.78, 5) is 44.8. The second-order valence-electron chi connectivity index (χ2n) is 8.29. The Morgan fingerprint density at radius 3 is 2.53 bits per heavy atom. The summed E-state index contributed by atoms with van der Waals surface area (Å²) in [6, 6.07) is 3.80. The van der Waals surface area contributed by atoms with Gasteiger partial charge in [-0.2, -0.15) is 0 Å². The molecule has 1 aromatic rings. The number of rotatable bonds is 7. The van der Waals surface area contributed by atoms with E-state index in [2.05, 4.69) is 20.9 Å². The smallest absolute Gasteiger partial charge is 0.248 e. The van der Waals surface area contributed by atoms with Gasteiger partial charge in [-0.15, -0.1) is 0 Å². The Morgan fingerprint density at radius 2 is 1.87 bits per heavy atom. The molecule has 1 aliphatic carbocycles. The molecule has 1 saturated heterocycles. The Kier molecular flexibility index (Phi) is 7.79. The standard InChI is InChI=1S/C22H33N5O3/c1-15(23-2)20(28)26-19(16-9-4-3-5-10-16)22(30)27-14-8-11-17(27)21(29)25-18-12-6-7-13-24-18/h6-7,12-13,15-17,19,23H,3-5,8-11,14H2,1-2H3,(H,26,28)(H,24,25,29)/t15-,17-,19-/m0/s1. The van der Waals surface area contributed by atoms with E-state index in [0.717, 1.165) is 38.5 Å². The molecule has 1 aliphatic heterocycles. The van der Waals surface area contributed by atoms with E-state index < -0.39 is 12.1 Å². The first-order chi connectivity index (χ1) is 14.5. The molecule has 3 N–H and O–H groups in total. The van der Waals surface area contributed by atoms with Gasteiger partial charge in [0.1, 0.15) is 17.9 Å². The third-order valence-electron chi connectivity index (χ3n) is 6.27. The number of nitrogens with one attached hydrogen (secondary N) is 3. The van der Waals surface area contributed by atoms with Crippen LogP contribution >= 0.6 is 0 Å². The molecule has 0 aromatic carbocycles. The van der Waals surface area contributed by atoms with Crippen LogP contribution in [0.3, 0.4) is 0 Å². The fourth-order valence-electron chi connectivity index (χ4n) is 4.39. The molecule has 0 bridgehead atoms. The van der Waals surface area contributed by atoms with E-state index in [0.29, 0.717) is 18.8 Å². The lowest BCUT2D eigenvalue weighted by atomic mass is 9.83. The number of amides is 3. The van der Waals surface area contributed by atoms with Crippen molar-refractivity contribution in [1.82, 2.24) is 20.5 Å². The van der Waals surface area contributed by atoms with Gasteiger partial charge < -0.3 is 20.9 Å². The third kappa shape index (κ3) is 5.36. The highest BCUT2D eigenvalue weighted by Crippen LogP contribution is 2.29. The van der Waals surface area contributed by atoms with Crippen molar-refractivity contribution in [3.8, 4) is 0 Å². The van der Waals surface area contributed by atoms with Crippen molar-refractivity contribution in [3.63, 3.8) is 0 Å². The quantitative estimate of drug-likeness (QED) is 0.629. The van der Waals surface area contributed by atoms with E-state index in [9.17, 15) is 14.4 Å². The summed E-state index contributed by atoms with van der Waals surface area (Å²) in [6.45, 7) is 2.30. The van der Waals surface area contributed by atoms with Crippen molar-refractivity contribution < 1.29 is 14.4 Å². The summed E-state index contributed by atoms with van der Waals surface area (Å²) in [5, 5.41) is 8.73. The molecule has 8 nitrogen and oxygen atoms in total. The van der Waals surface area contributed by atoms with Crippen LogP contribution in [0, 0.1) is 5.92 Å². The number of aromatic nitrogens is 1. The van der Waals surface area contributed by atoms with Crippen molar-refractivity contribution in [3.05, 3.63) is 24.4 Å². The van der Waals surface area contributed by atoms with E-state index in [-0.39, 0.29) is 29.7 Å². The van der Waals surface area contributed by atoms with E-state index >= 15 is 0 Å². The van der Waals surface area contributed by atoms with Gasteiger partial charge in [0.25, 0.3) is 0 Å². The summed E-state index contributed by atoms with van der Waals surface area (Å²) in [7, 11) is 1.72. The third-order valence-corrected chi connectivity index (χ3v) is 6.27. The number of likely N-dealkylation sites (tertiary alicyclic amines) is 1. The van der Waals surface area contributed by atoms with Crippen LogP contribution < -0.4 is 16.0 Å². The van der Waals surface area contributed by atoms with Crippen molar-refractivity contribution in [2.24, 2.45) is 5.92 Å². The first-order valence-corrected chi connectivity index (χ1v) is 11.0. The highest BCUT2D eigenvalue weighted by molar-refractivity contribution is 5.98. The van der Waals surface area contributed by atoms with Crippen molar-refractivity contribution in [2.75, 3.05) is 18.9 Å². The maximum absolute atomic E-state index is 13.6. The Labute approximate surface area is 178 Å². The zero-order chi connectivity index (χ0) is 21.5.